The molecule has 0 amide bonds. The van der Waals surface area contributed by atoms with Crippen LogP contribution in [-0.2, 0) is 6.54 Å². The second-order valence-electron chi connectivity index (χ2n) is 4.85. The first-order valence-corrected chi connectivity index (χ1v) is 7.48. The number of nitrogens with one attached hydrogen (secondary N) is 2. The van der Waals surface area contributed by atoms with Crippen LogP contribution in [0.5, 0.6) is 0 Å². The van der Waals surface area contributed by atoms with Gasteiger partial charge in [-0.1, -0.05) is 41.6 Å². The quantitative estimate of drug-likeness (QED) is 0.714. The van der Waals surface area contributed by atoms with Crippen molar-refractivity contribution in [1.29, 1.82) is 0 Å². The first-order valence-electron chi connectivity index (χ1n) is 7.07. The minimum atomic E-state index is 0.345. The minimum Gasteiger partial charge on any atom is -0.353 e. The Kier molecular flexibility index (Phi) is 4.58. The fourth-order valence-corrected chi connectivity index (χ4v) is 2.14. The van der Waals surface area contributed by atoms with Gasteiger partial charge in [-0.2, -0.15) is 4.98 Å². The molecule has 0 bridgehead atoms. The fraction of sp³-hybridized carbons (Fsp3) is 0.125. The molecule has 3 aromatic rings. The van der Waals surface area contributed by atoms with Crippen molar-refractivity contribution in [3.63, 3.8) is 0 Å². The molecule has 0 atom stereocenters. The fourth-order valence-electron chi connectivity index (χ4n) is 1.96. The lowest BCUT2D eigenvalue weighted by Crippen LogP contribution is -2.28. The summed E-state index contributed by atoms with van der Waals surface area (Å²) in [4.78, 5) is 8.65. The molecule has 0 aliphatic rings. The number of nitrogens with zero attached hydrogens (tertiary/aromatic N) is 3. The van der Waals surface area contributed by atoms with Crippen LogP contribution in [0.3, 0.4) is 0 Å². The van der Waals surface area contributed by atoms with E-state index in [9.17, 15) is 0 Å². The van der Waals surface area contributed by atoms with Crippen LogP contribution < -0.4 is 10.6 Å². The zero-order valence-electron chi connectivity index (χ0n) is 12.5. The van der Waals surface area contributed by atoms with E-state index in [4.69, 9.17) is 16.7 Å². The predicted octanol–water partition coefficient (Wildman–Crippen LogP) is 2.93. The van der Waals surface area contributed by atoms with Gasteiger partial charge in [0.25, 0.3) is 0 Å². The standard InChI is InChI=1S/C16H15N5OS/c1-11-6-5-9-13(18-11)19-16(23)17-10-14-20-15(21-22-14)12-7-3-2-4-8-12/h2-9H,10H2,1H3,(H2,17,18,19,23). The molecule has 2 aromatic heterocycles. The Morgan fingerprint density at radius 1 is 1.09 bits per heavy atom. The molecule has 2 heterocycles. The first-order chi connectivity index (χ1) is 11.2. The molecule has 0 radical (unpaired) electrons. The van der Waals surface area contributed by atoms with E-state index < -0.39 is 0 Å². The minimum absolute atomic E-state index is 0.345. The second kappa shape index (κ2) is 6.97. The lowest BCUT2D eigenvalue weighted by molar-refractivity contribution is 0.376. The second-order valence-corrected chi connectivity index (χ2v) is 5.26. The molecule has 7 heteroatoms. The third-order valence-corrected chi connectivity index (χ3v) is 3.28. The summed E-state index contributed by atoms with van der Waals surface area (Å²) in [5.74, 6) is 1.71. The summed E-state index contributed by atoms with van der Waals surface area (Å²) in [6, 6.07) is 15.3. The van der Waals surface area contributed by atoms with Crippen LogP contribution in [0, 0.1) is 6.92 Å². The summed E-state index contributed by atoms with van der Waals surface area (Å²) in [6.07, 6.45) is 0. The van der Waals surface area contributed by atoms with Gasteiger partial charge in [0, 0.05) is 11.3 Å². The number of anilines is 1. The van der Waals surface area contributed by atoms with Gasteiger partial charge in [-0.15, -0.1) is 0 Å². The summed E-state index contributed by atoms with van der Waals surface area (Å²) in [5, 5.41) is 10.4. The van der Waals surface area contributed by atoms with E-state index >= 15 is 0 Å². The molecule has 6 nitrogen and oxygen atoms in total. The average molecular weight is 325 g/mol. The highest BCUT2D eigenvalue weighted by Gasteiger charge is 2.08. The van der Waals surface area contributed by atoms with Crippen LogP contribution in [0.1, 0.15) is 11.6 Å². The van der Waals surface area contributed by atoms with Gasteiger partial charge in [0.2, 0.25) is 11.7 Å². The summed E-state index contributed by atoms with van der Waals surface area (Å²) in [5.41, 5.74) is 1.83. The molecule has 0 saturated heterocycles. The predicted molar refractivity (Wildman–Crippen MR) is 91.8 cm³/mol. The van der Waals surface area contributed by atoms with Gasteiger partial charge in [-0.3, -0.25) is 0 Å². The number of hydrogen-bond acceptors (Lipinski definition) is 5. The van der Waals surface area contributed by atoms with Crippen molar-refractivity contribution >= 4 is 23.1 Å². The summed E-state index contributed by atoms with van der Waals surface area (Å²) < 4.78 is 5.21. The molecule has 0 saturated carbocycles. The lowest BCUT2D eigenvalue weighted by atomic mass is 10.2. The van der Waals surface area contributed by atoms with E-state index in [0.29, 0.717) is 29.2 Å². The van der Waals surface area contributed by atoms with Gasteiger partial charge in [0.1, 0.15) is 5.82 Å². The van der Waals surface area contributed by atoms with Crippen LogP contribution in [-0.4, -0.2) is 20.2 Å². The van der Waals surface area contributed by atoms with E-state index in [2.05, 4.69) is 25.8 Å². The molecule has 0 aliphatic heterocycles. The third kappa shape index (κ3) is 4.10. The Bertz CT molecular complexity index is 803. The normalized spacial score (nSPS) is 10.3. The zero-order valence-corrected chi connectivity index (χ0v) is 13.3. The molecule has 23 heavy (non-hydrogen) atoms. The van der Waals surface area contributed by atoms with Crippen molar-refractivity contribution in [1.82, 2.24) is 20.4 Å². The number of hydrogen-bond donors (Lipinski definition) is 2. The number of thiocarbonyl (C=S) groups is 1. The van der Waals surface area contributed by atoms with E-state index in [1.807, 2.05) is 55.5 Å². The third-order valence-electron chi connectivity index (χ3n) is 3.03. The number of aromatic nitrogens is 3. The molecule has 0 spiro atoms. The van der Waals surface area contributed by atoms with Crippen LogP contribution >= 0.6 is 12.2 Å². The van der Waals surface area contributed by atoms with E-state index in [1.165, 1.54) is 0 Å². The number of aryl methyl sites for hydroxylation is 1. The van der Waals surface area contributed by atoms with E-state index in [-0.39, 0.29) is 0 Å². The van der Waals surface area contributed by atoms with Crippen LogP contribution in [0.2, 0.25) is 0 Å². The van der Waals surface area contributed by atoms with Gasteiger partial charge < -0.3 is 15.2 Å². The summed E-state index contributed by atoms with van der Waals surface area (Å²) in [7, 11) is 0. The van der Waals surface area contributed by atoms with Crippen LogP contribution in [0.15, 0.2) is 53.1 Å². The molecule has 0 fully saturated rings. The van der Waals surface area contributed by atoms with Crippen LogP contribution in [0.25, 0.3) is 11.4 Å². The van der Waals surface area contributed by atoms with Gasteiger partial charge in [0.15, 0.2) is 5.11 Å². The van der Waals surface area contributed by atoms with Crippen LogP contribution in [0.4, 0.5) is 5.82 Å². The van der Waals surface area contributed by atoms with Crippen molar-refractivity contribution in [3.8, 4) is 11.4 Å². The smallest absolute Gasteiger partial charge is 0.246 e. The van der Waals surface area contributed by atoms with Gasteiger partial charge in [-0.25, -0.2) is 4.98 Å². The number of rotatable bonds is 4. The SMILES string of the molecule is Cc1cccc(NC(=S)NCc2nc(-c3ccccc3)no2)n1. The van der Waals surface area contributed by atoms with Crippen molar-refractivity contribution < 1.29 is 4.52 Å². The maximum absolute atomic E-state index is 5.23. The Balaban J connectivity index is 1.56. The van der Waals surface area contributed by atoms with Gasteiger partial charge >= 0.3 is 0 Å². The van der Waals surface area contributed by atoms with Crippen molar-refractivity contribution in [2.45, 2.75) is 13.5 Å². The number of benzene rings is 1. The molecule has 0 aliphatic carbocycles. The molecule has 3 rings (SSSR count). The molecule has 2 N–H and O–H groups in total. The van der Waals surface area contributed by atoms with E-state index in [0.717, 1.165) is 11.3 Å². The maximum atomic E-state index is 5.23. The Morgan fingerprint density at radius 2 is 1.91 bits per heavy atom. The highest BCUT2D eigenvalue weighted by Crippen LogP contribution is 2.14. The molecule has 116 valence electrons. The zero-order chi connectivity index (χ0) is 16.1. The van der Waals surface area contributed by atoms with E-state index in [1.54, 1.807) is 0 Å². The Hall–Kier alpha value is -2.80. The highest BCUT2D eigenvalue weighted by atomic mass is 32.1. The first kappa shape index (κ1) is 15.1. The lowest BCUT2D eigenvalue weighted by Gasteiger charge is -2.08. The summed E-state index contributed by atoms with van der Waals surface area (Å²) in [6.45, 7) is 2.27. The summed E-state index contributed by atoms with van der Waals surface area (Å²) >= 11 is 5.23. The Morgan fingerprint density at radius 3 is 2.70 bits per heavy atom. The maximum Gasteiger partial charge on any atom is 0.246 e. The van der Waals surface area contributed by atoms with Crippen molar-refractivity contribution in [2.75, 3.05) is 5.32 Å². The largest absolute Gasteiger partial charge is 0.353 e. The highest BCUT2D eigenvalue weighted by molar-refractivity contribution is 7.80. The average Bonchev–Trinajstić information content (AvgIpc) is 3.03. The van der Waals surface area contributed by atoms with Gasteiger partial charge in [-0.05, 0) is 31.3 Å². The Labute approximate surface area is 139 Å². The number of pyridine rings is 1. The monoisotopic (exact) mass is 325 g/mol. The molecule has 0 unspecified atom stereocenters. The molecular weight excluding hydrogens is 310 g/mol. The molecule has 1 aromatic carbocycles. The topological polar surface area (TPSA) is 75.9 Å². The van der Waals surface area contributed by atoms with Gasteiger partial charge in [0.05, 0.1) is 6.54 Å². The van der Waals surface area contributed by atoms with Crippen molar-refractivity contribution in [3.05, 3.63) is 60.1 Å². The molecular formula is C16H15N5OS. The van der Waals surface area contributed by atoms with Crippen molar-refractivity contribution in [2.24, 2.45) is 0 Å².